The van der Waals surface area contributed by atoms with Gasteiger partial charge in [0.25, 0.3) is 0 Å². The highest BCUT2D eigenvalue weighted by atomic mass is 16.5. The second-order valence-corrected chi connectivity index (χ2v) is 6.93. The average molecular weight is 253 g/mol. The second-order valence-electron chi connectivity index (χ2n) is 6.93. The maximum absolute atomic E-state index is 5.63. The lowest BCUT2D eigenvalue weighted by atomic mass is 9.80. The first-order valence-electron chi connectivity index (χ1n) is 8.01. The van der Waals surface area contributed by atoms with Gasteiger partial charge in [-0.25, -0.2) is 0 Å². The normalized spacial score (nSPS) is 38.0. The molecule has 0 radical (unpaired) electrons. The summed E-state index contributed by atoms with van der Waals surface area (Å²) in [6, 6.07) is 1.48. The maximum Gasteiger partial charge on any atom is 0.0561 e. The largest absolute Gasteiger partial charge is 0.378 e. The Morgan fingerprint density at radius 3 is 2.61 bits per heavy atom. The first kappa shape index (κ1) is 14.3. The molecule has 0 aromatic carbocycles. The fourth-order valence-electron chi connectivity index (χ4n) is 3.81. The van der Waals surface area contributed by atoms with E-state index in [1.54, 1.807) is 0 Å². The van der Waals surface area contributed by atoms with Gasteiger partial charge in [-0.3, -0.25) is 0 Å². The van der Waals surface area contributed by atoms with Crippen LogP contribution in [0.25, 0.3) is 0 Å². The Bertz CT molecular complexity index is 241. The van der Waals surface area contributed by atoms with Crippen LogP contribution in [0, 0.1) is 11.8 Å². The van der Waals surface area contributed by atoms with Crippen molar-refractivity contribution >= 4 is 0 Å². The fraction of sp³-hybridized carbons (Fsp3) is 1.00. The zero-order valence-corrected chi connectivity index (χ0v) is 12.5. The number of ether oxygens (including phenoxy) is 1. The van der Waals surface area contributed by atoms with Crippen molar-refractivity contribution in [1.29, 1.82) is 0 Å². The first-order valence-corrected chi connectivity index (χ1v) is 8.01. The molecule has 2 nitrogen and oxygen atoms in total. The summed E-state index contributed by atoms with van der Waals surface area (Å²) >= 11 is 0. The van der Waals surface area contributed by atoms with Crippen LogP contribution in [-0.4, -0.2) is 24.8 Å². The van der Waals surface area contributed by atoms with Crippen molar-refractivity contribution in [3.05, 3.63) is 0 Å². The Hall–Kier alpha value is -0.0800. The molecule has 0 aromatic heterocycles. The van der Waals surface area contributed by atoms with Gasteiger partial charge in [-0.05, 0) is 50.9 Å². The van der Waals surface area contributed by atoms with E-state index in [2.05, 4.69) is 26.1 Å². The van der Waals surface area contributed by atoms with Gasteiger partial charge in [0.15, 0.2) is 0 Å². The van der Waals surface area contributed by atoms with Crippen LogP contribution in [0.3, 0.4) is 0 Å². The van der Waals surface area contributed by atoms with Gasteiger partial charge in [-0.15, -0.1) is 0 Å². The number of rotatable bonds is 4. The van der Waals surface area contributed by atoms with Crippen LogP contribution < -0.4 is 5.32 Å². The van der Waals surface area contributed by atoms with E-state index < -0.39 is 0 Å². The molecule has 2 aliphatic rings. The molecule has 1 heterocycles. The van der Waals surface area contributed by atoms with Crippen LogP contribution in [0.4, 0.5) is 0 Å². The number of nitrogens with one attached hydrogen (secondary N) is 1. The minimum atomic E-state index is 0.450. The third-order valence-corrected chi connectivity index (χ3v) is 4.54. The Balaban J connectivity index is 1.74. The standard InChI is InChI=1S/C16H31NO/c1-12(2)9-14-5-4-6-15(11-14)17-16-7-8-18-13(3)10-16/h12-17H,4-11H2,1-3H3. The van der Waals surface area contributed by atoms with E-state index in [1.807, 2.05) is 0 Å². The quantitative estimate of drug-likeness (QED) is 0.824. The van der Waals surface area contributed by atoms with E-state index in [0.717, 1.165) is 24.5 Å². The highest BCUT2D eigenvalue weighted by Crippen LogP contribution is 2.30. The monoisotopic (exact) mass is 253 g/mol. The summed E-state index contributed by atoms with van der Waals surface area (Å²) in [7, 11) is 0. The lowest BCUT2D eigenvalue weighted by molar-refractivity contribution is 0.00958. The van der Waals surface area contributed by atoms with Crippen molar-refractivity contribution in [1.82, 2.24) is 5.32 Å². The highest BCUT2D eigenvalue weighted by Gasteiger charge is 2.26. The van der Waals surface area contributed by atoms with Gasteiger partial charge >= 0.3 is 0 Å². The minimum Gasteiger partial charge on any atom is -0.378 e. The smallest absolute Gasteiger partial charge is 0.0561 e. The molecule has 1 aliphatic heterocycles. The molecule has 0 spiro atoms. The summed E-state index contributed by atoms with van der Waals surface area (Å²) in [6.07, 6.45) is 9.95. The van der Waals surface area contributed by atoms with Crippen molar-refractivity contribution < 1.29 is 4.74 Å². The van der Waals surface area contributed by atoms with Gasteiger partial charge in [-0.2, -0.15) is 0 Å². The van der Waals surface area contributed by atoms with Crippen molar-refractivity contribution in [3.63, 3.8) is 0 Å². The summed E-state index contributed by atoms with van der Waals surface area (Å²) in [5.74, 6) is 1.82. The molecular formula is C16H31NO. The lowest BCUT2D eigenvalue weighted by Gasteiger charge is -2.36. The van der Waals surface area contributed by atoms with Crippen molar-refractivity contribution in [2.45, 2.75) is 83.9 Å². The summed E-state index contributed by atoms with van der Waals surface area (Å²) in [5.41, 5.74) is 0. The molecule has 2 fully saturated rings. The van der Waals surface area contributed by atoms with E-state index >= 15 is 0 Å². The van der Waals surface area contributed by atoms with E-state index in [4.69, 9.17) is 4.74 Å². The molecular weight excluding hydrogens is 222 g/mol. The Morgan fingerprint density at radius 1 is 1.11 bits per heavy atom. The third kappa shape index (κ3) is 4.55. The molecule has 1 N–H and O–H groups in total. The molecule has 1 saturated heterocycles. The molecule has 4 unspecified atom stereocenters. The van der Waals surface area contributed by atoms with Crippen molar-refractivity contribution in [2.75, 3.05) is 6.61 Å². The van der Waals surface area contributed by atoms with Crippen LogP contribution in [-0.2, 0) is 4.74 Å². The lowest BCUT2D eigenvalue weighted by Crippen LogP contribution is -2.45. The van der Waals surface area contributed by atoms with E-state index in [-0.39, 0.29) is 0 Å². The SMILES string of the molecule is CC(C)CC1CCCC(NC2CCOC(C)C2)C1. The van der Waals surface area contributed by atoms with Gasteiger partial charge in [0.2, 0.25) is 0 Å². The zero-order chi connectivity index (χ0) is 13.0. The average Bonchev–Trinajstić information content (AvgIpc) is 2.28. The molecule has 106 valence electrons. The van der Waals surface area contributed by atoms with Crippen LogP contribution in [0.1, 0.15) is 65.7 Å². The molecule has 0 amide bonds. The van der Waals surface area contributed by atoms with Crippen LogP contribution in [0.5, 0.6) is 0 Å². The van der Waals surface area contributed by atoms with Crippen LogP contribution in [0.2, 0.25) is 0 Å². The first-order chi connectivity index (χ1) is 8.63. The van der Waals surface area contributed by atoms with E-state index in [1.165, 1.54) is 44.9 Å². The maximum atomic E-state index is 5.63. The molecule has 1 aliphatic carbocycles. The predicted octanol–water partition coefficient (Wildman–Crippen LogP) is 3.75. The number of hydrogen-bond acceptors (Lipinski definition) is 2. The highest BCUT2D eigenvalue weighted by molar-refractivity contribution is 4.83. The van der Waals surface area contributed by atoms with Gasteiger partial charge in [-0.1, -0.05) is 26.7 Å². The number of hydrogen-bond donors (Lipinski definition) is 1. The Labute approximate surface area is 113 Å². The minimum absolute atomic E-state index is 0.450. The molecule has 2 rings (SSSR count). The third-order valence-electron chi connectivity index (χ3n) is 4.54. The van der Waals surface area contributed by atoms with Gasteiger partial charge < -0.3 is 10.1 Å². The van der Waals surface area contributed by atoms with Gasteiger partial charge in [0.05, 0.1) is 6.10 Å². The summed E-state index contributed by atoms with van der Waals surface area (Å²) < 4.78 is 5.63. The molecule has 0 aromatic rings. The summed E-state index contributed by atoms with van der Waals surface area (Å²) in [5, 5.41) is 3.91. The molecule has 0 bridgehead atoms. The van der Waals surface area contributed by atoms with Crippen LogP contribution >= 0.6 is 0 Å². The molecule has 1 saturated carbocycles. The van der Waals surface area contributed by atoms with Crippen LogP contribution in [0.15, 0.2) is 0 Å². The summed E-state index contributed by atoms with van der Waals surface area (Å²) in [4.78, 5) is 0. The van der Waals surface area contributed by atoms with Crippen molar-refractivity contribution in [2.24, 2.45) is 11.8 Å². The fourth-order valence-corrected chi connectivity index (χ4v) is 3.81. The van der Waals surface area contributed by atoms with Gasteiger partial charge in [0.1, 0.15) is 0 Å². The van der Waals surface area contributed by atoms with E-state index in [0.29, 0.717) is 12.1 Å². The van der Waals surface area contributed by atoms with Gasteiger partial charge in [0, 0.05) is 18.7 Å². The molecule has 2 heteroatoms. The second kappa shape index (κ2) is 6.91. The van der Waals surface area contributed by atoms with E-state index in [9.17, 15) is 0 Å². The predicted molar refractivity (Wildman–Crippen MR) is 76.8 cm³/mol. The zero-order valence-electron chi connectivity index (χ0n) is 12.5. The summed E-state index contributed by atoms with van der Waals surface area (Å²) in [6.45, 7) is 7.87. The molecule has 18 heavy (non-hydrogen) atoms. The topological polar surface area (TPSA) is 21.3 Å². The molecule has 4 atom stereocenters. The Kier molecular flexibility index (Phi) is 5.50. The Morgan fingerprint density at radius 2 is 1.89 bits per heavy atom. The van der Waals surface area contributed by atoms with Crippen molar-refractivity contribution in [3.8, 4) is 0 Å².